The molecule has 1 fully saturated rings. The second-order valence-electron chi connectivity index (χ2n) is 6.73. The molecule has 0 radical (unpaired) electrons. The van der Waals surface area contributed by atoms with Crippen LogP contribution >= 0.6 is 23.2 Å². The summed E-state index contributed by atoms with van der Waals surface area (Å²) in [5, 5.41) is 17.3. The number of carboxylic acid groups (broad SMARTS) is 1. The molecule has 30 heavy (non-hydrogen) atoms. The van der Waals surface area contributed by atoms with E-state index in [-0.39, 0.29) is 33.2 Å². The van der Waals surface area contributed by atoms with Gasteiger partial charge in [0.05, 0.1) is 15.7 Å². The largest absolute Gasteiger partial charge is 0.487 e. The summed E-state index contributed by atoms with van der Waals surface area (Å²) < 4.78 is 5.98. The second-order valence-corrected chi connectivity index (χ2v) is 7.48. The summed E-state index contributed by atoms with van der Waals surface area (Å²) in [5.41, 5.74) is 1.20. The molecule has 2 heterocycles. The minimum Gasteiger partial charge on any atom is -0.487 e. The summed E-state index contributed by atoms with van der Waals surface area (Å²) >= 11 is 12.2. The summed E-state index contributed by atoms with van der Waals surface area (Å²) in [4.78, 5) is 38.4. The van der Waals surface area contributed by atoms with Crippen LogP contribution in [0.4, 0.5) is 5.69 Å². The minimum atomic E-state index is -1.16. The summed E-state index contributed by atoms with van der Waals surface area (Å²) in [7, 11) is 0. The van der Waals surface area contributed by atoms with Crippen molar-refractivity contribution in [3.63, 3.8) is 0 Å². The number of carboxylic acids is 1. The van der Waals surface area contributed by atoms with Crippen molar-refractivity contribution in [3.05, 3.63) is 45.2 Å². The molecular weight excluding hydrogens is 435 g/mol. The molecule has 0 unspecified atom stereocenters. The van der Waals surface area contributed by atoms with Gasteiger partial charge in [-0.15, -0.1) is 0 Å². The number of aromatic nitrogens is 1. The molecule has 3 rings (SSSR count). The highest BCUT2D eigenvalue weighted by Gasteiger charge is 2.22. The number of aromatic amines is 1. The summed E-state index contributed by atoms with van der Waals surface area (Å²) in [6.07, 6.45) is 0.629. The molecule has 2 aromatic rings. The van der Waals surface area contributed by atoms with Gasteiger partial charge in [0.25, 0.3) is 11.8 Å². The number of carbonyl (C=O) groups excluding carboxylic acids is 2. The zero-order valence-electron chi connectivity index (χ0n) is 16.0. The first-order valence-corrected chi connectivity index (χ1v) is 9.88. The third-order valence-corrected chi connectivity index (χ3v) is 5.43. The van der Waals surface area contributed by atoms with Gasteiger partial charge < -0.3 is 30.8 Å². The van der Waals surface area contributed by atoms with Crippen molar-refractivity contribution in [3.8, 4) is 5.75 Å². The van der Waals surface area contributed by atoms with E-state index in [0.29, 0.717) is 17.9 Å². The lowest BCUT2D eigenvalue weighted by molar-refractivity contribution is -0.135. The second kappa shape index (κ2) is 9.38. The molecule has 11 heteroatoms. The molecule has 9 nitrogen and oxygen atoms in total. The molecule has 1 atom stereocenters. The van der Waals surface area contributed by atoms with Gasteiger partial charge in [0, 0.05) is 17.8 Å². The maximum absolute atomic E-state index is 12.7. The maximum Gasteiger partial charge on any atom is 0.322 e. The van der Waals surface area contributed by atoms with Crippen LogP contribution in [0.25, 0.3) is 0 Å². The van der Waals surface area contributed by atoms with Crippen molar-refractivity contribution in [1.29, 1.82) is 0 Å². The monoisotopic (exact) mass is 454 g/mol. The lowest BCUT2D eigenvalue weighted by atomic mass is 10.1. The number of aliphatic carboxylic acids is 1. The van der Waals surface area contributed by atoms with Crippen molar-refractivity contribution in [1.82, 2.24) is 15.6 Å². The smallest absolute Gasteiger partial charge is 0.322 e. The van der Waals surface area contributed by atoms with Gasteiger partial charge >= 0.3 is 5.97 Å². The standard InChI is InChI=1S/C19H20Cl2N4O5/c1-9-15(20)16(21)17(24-9)19(29)25-12-3-2-10(18(28)23-8-14(26)27)6-13(12)30-11-4-5-22-7-11/h2-3,6,11,22,24H,4-5,7-8H2,1H3,(H,23,28)(H,25,29)(H,26,27)/t11-/m0/s1. The molecule has 0 bridgehead atoms. The van der Waals surface area contributed by atoms with Crippen LogP contribution in [0.2, 0.25) is 10.0 Å². The number of hydrogen-bond acceptors (Lipinski definition) is 5. The van der Waals surface area contributed by atoms with Crippen molar-refractivity contribution >= 4 is 46.7 Å². The van der Waals surface area contributed by atoms with Gasteiger partial charge in [-0.1, -0.05) is 23.2 Å². The van der Waals surface area contributed by atoms with Gasteiger partial charge in [0.15, 0.2) is 0 Å². The molecule has 5 N–H and O–H groups in total. The van der Waals surface area contributed by atoms with Gasteiger partial charge in [0.1, 0.15) is 24.1 Å². The van der Waals surface area contributed by atoms with Crippen LogP contribution < -0.4 is 20.7 Å². The number of anilines is 1. The summed E-state index contributed by atoms with van der Waals surface area (Å²) in [6, 6.07) is 4.43. The van der Waals surface area contributed by atoms with E-state index in [1.165, 1.54) is 18.2 Å². The van der Waals surface area contributed by atoms with Crippen LogP contribution in [0.3, 0.4) is 0 Å². The van der Waals surface area contributed by atoms with Crippen molar-refractivity contribution < 1.29 is 24.2 Å². The molecule has 160 valence electrons. The Bertz CT molecular complexity index is 986. The number of amides is 2. The van der Waals surface area contributed by atoms with Crippen LogP contribution in [0, 0.1) is 6.92 Å². The molecule has 1 saturated heterocycles. The average Bonchev–Trinajstić information content (AvgIpc) is 3.31. The van der Waals surface area contributed by atoms with Gasteiger partial charge in [-0.25, -0.2) is 0 Å². The molecule has 1 aliphatic rings. The van der Waals surface area contributed by atoms with Crippen LogP contribution in [0.15, 0.2) is 18.2 Å². The average molecular weight is 455 g/mol. The first kappa shape index (κ1) is 21.9. The first-order valence-electron chi connectivity index (χ1n) is 9.12. The predicted molar refractivity (Wildman–Crippen MR) is 112 cm³/mol. The zero-order chi connectivity index (χ0) is 21.8. The molecule has 0 saturated carbocycles. The Hall–Kier alpha value is -2.75. The number of ether oxygens (including phenoxy) is 1. The number of benzene rings is 1. The SMILES string of the molecule is Cc1[nH]c(C(=O)Nc2ccc(C(=O)NCC(=O)O)cc2O[C@H]2CCNC2)c(Cl)c1Cl. The Labute approximate surface area is 182 Å². The lowest BCUT2D eigenvalue weighted by Gasteiger charge is -2.17. The number of H-pyrrole nitrogens is 1. The lowest BCUT2D eigenvalue weighted by Crippen LogP contribution is -2.29. The normalized spacial score (nSPS) is 15.6. The van der Waals surface area contributed by atoms with Crippen LogP contribution in [0.1, 0.15) is 33.0 Å². The minimum absolute atomic E-state index is 0.107. The maximum atomic E-state index is 12.7. The van der Waals surface area contributed by atoms with E-state index < -0.39 is 24.3 Å². The Kier molecular flexibility index (Phi) is 6.86. The summed E-state index contributed by atoms with van der Waals surface area (Å²) in [5.74, 6) is -1.96. The summed E-state index contributed by atoms with van der Waals surface area (Å²) in [6.45, 7) is 2.60. The molecule has 1 aromatic carbocycles. The van der Waals surface area contributed by atoms with Crippen molar-refractivity contribution in [2.45, 2.75) is 19.4 Å². The molecule has 0 spiro atoms. The third kappa shape index (κ3) is 5.05. The quantitative estimate of drug-likeness (QED) is 0.436. The van der Waals surface area contributed by atoms with Gasteiger partial charge in [-0.05, 0) is 38.1 Å². The number of aryl methyl sites for hydroxylation is 1. The number of halogens is 2. The molecule has 1 aliphatic heterocycles. The predicted octanol–water partition coefficient (Wildman–Crippen LogP) is 2.44. The third-order valence-electron chi connectivity index (χ3n) is 4.48. The number of rotatable bonds is 7. The van der Waals surface area contributed by atoms with Gasteiger partial charge in [-0.3, -0.25) is 14.4 Å². The highest BCUT2D eigenvalue weighted by atomic mass is 35.5. The van der Waals surface area contributed by atoms with Crippen LogP contribution in [-0.4, -0.2) is 53.6 Å². The Morgan fingerprint density at radius 1 is 1.23 bits per heavy atom. The van der Waals surface area contributed by atoms with E-state index >= 15 is 0 Å². The van der Waals surface area contributed by atoms with E-state index in [9.17, 15) is 14.4 Å². The van der Waals surface area contributed by atoms with Gasteiger partial charge in [0.2, 0.25) is 0 Å². The van der Waals surface area contributed by atoms with E-state index in [0.717, 1.165) is 13.0 Å². The van der Waals surface area contributed by atoms with E-state index in [2.05, 4.69) is 20.9 Å². The van der Waals surface area contributed by atoms with Crippen molar-refractivity contribution in [2.24, 2.45) is 0 Å². The molecule has 1 aromatic heterocycles. The van der Waals surface area contributed by atoms with Crippen molar-refractivity contribution in [2.75, 3.05) is 25.0 Å². The molecule has 0 aliphatic carbocycles. The first-order chi connectivity index (χ1) is 14.3. The topological polar surface area (TPSA) is 133 Å². The molecule has 2 amide bonds. The Morgan fingerprint density at radius 3 is 2.60 bits per heavy atom. The van der Waals surface area contributed by atoms with Crippen LogP contribution in [0.5, 0.6) is 5.75 Å². The molecular formula is C19H20Cl2N4O5. The fourth-order valence-electron chi connectivity index (χ4n) is 2.94. The van der Waals surface area contributed by atoms with E-state index in [4.69, 9.17) is 33.0 Å². The van der Waals surface area contributed by atoms with E-state index in [1.54, 1.807) is 6.92 Å². The number of hydrogen-bond donors (Lipinski definition) is 5. The van der Waals surface area contributed by atoms with Crippen LogP contribution in [-0.2, 0) is 4.79 Å². The van der Waals surface area contributed by atoms with E-state index in [1.807, 2.05) is 0 Å². The Balaban J connectivity index is 1.85. The zero-order valence-corrected chi connectivity index (χ0v) is 17.5. The van der Waals surface area contributed by atoms with Gasteiger partial charge in [-0.2, -0.15) is 0 Å². The highest BCUT2D eigenvalue weighted by Crippen LogP contribution is 2.32. The fourth-order valence-corrected chi connectivity index (χ4v) is 3.36. The fraction of sp³-hybridized carbons (Fsp3) is 0.316. The Morgan fingerprint density at radius 2 is 2.00 bits per heavy atom. The number of nitrogens with one attached hydrogen (secondary N) is 4. The highest BCUT2D eigenvalue weighted by molar-refractivity contribution is 6.44. The number of carbonyl (C=O) groups is 3.